The van der Waals surface area contributed by atoms with E-state index in [-0.39, 0.29) is 17.5 Å². The zero-order valence-corrected chi connectivity index (χ0v) is 17.6. The van der Waals surface area contributed by atoms with E-state index in [0.717, 1.165) is 29.7 Å². The van der Waals surface area contributed by atoms with Crippen LogP contribution >= 0.6 is 0 Å². The summed E-state index contributed by atoms with van der Waals surface area (Å²) in [6.45, 7) is 4.98. The zero-order valence-electron chi connectivity index (χ0n) is 17.6. The maximum Gasteiger partial charge on any atom is 0.322 e. The van der Waals surface area contributed by atoms with Crippen LogP contribution in [-0.4, -0.2) is 37.5 Å². The molecule has 0 aromatic heterocycles. The summed E-state index contributed by atoms with van der Waals surface area (Å²) in [6, 6.07) is 18.3. The van der Waals surface area contributed by atoms with Crippen molar-refractivity contribution in [3.05, 3.63) is 65.7 Å². The van der Waals surface area contributed by atoms with Crippen LogP contribution in [0.3, 0.4) is 0 Å². The number of anilines is 1. The molecule has 2 fully saturated rings. The molecule has 4 rings (SSSR count). The Bertz CT molecular complexity index is 869. The molecule has 1 atom stereocenters. The standard InChI is InChI=1S/C24H30N2O3/c1-17(2)19-12-8-9-13-20(19)25-22(27)26-16-23(14-24(15-23,28-3)29-4)21(26)18-10-6-5-7-11-18/h5-13,17,21H,14-16H2,1-4H3,(H,25,27). The van der Waals surface area contributed by atoms with E-state index in [1.807, 2.05) is 41.3 Å². The van der Waals surface area contributed by atoms with Crippen LogP contribution in [0.25, 0.3) is 0 Å². The number of nitrogens with zero attached hydrogens (tertiary/aromatic N) is 1. The Morgan fingerprint density at radius 1 is 1.03 bits per heavy atom. The number of amides is 2. The first-order valence-corrected chi connectivity index (χ1v) is 10.3. The smallest absolute Gasteiger partial charge is 0.322 e. The number of hydrogen-bond donors (Lipinski definition) is 1. The minimum Gasteiger partial charge on any atom is -0.353 e. The van der Waals surface area contributed by atoms with E-state index in [4.69, 9.17) is 9.47 Å². The molecule has 0 radical (unpaired) electrons. The minimum atomic E-state index is -0.528. The van der Waals surface area contributed by atoms with Gasteiger partial charge in [0.1, 0.15) is 0 Å². The fourth-order valence-electron chi connectivity index (χ4n) is 5.09. The number of ether oxygens (including phenoxy) is 2. The lowest BCUT2D eigenvalue weighted by Crippen LogP contribution is -2.71. The number of hydrogen-bond acceptors (Lipinski definition) is 3. The van der Waals surface area contributed by atoms with Crippen LogP contribution in [0.15, 0.2) is 54.6 Å². The van der Waals surface area contributed by atoms with Gasteiger partial charge in [-0.25, -0.2) is 4.79 Å². The number of rotatable bonds is 5. The van der Waals surface area contributed by atoms with Gasteiger partial charge >= 0.3 is 6.03 Å². The monoisotopic (exact) mass is 394 g/mol. The molecule has 29 heavy (non-hydrogen) atoms. The Hall–Kier alpha value is -2.37. The summed E-state index contributed by atoms with van der Waals surface area (Å²) in [4.78, 5) is 15.2. The fraction of sp³-hybridized carbons (Fsp3) is 0.458. The summed E-state index contributed by atoms with van der Waals surface area (Å²) >= 11 is 0. The van der Waals surface area contributed by atoms with Gasteiger partial charge in [0.15, 0.2) is 5.79 Å². The predicted octanol–water partition coefficient (Wildman–Crippen LogP) is 5.17. The maximum absolute atomic E-state index is 13.2. The Kier molecular flexibility index (Phi) is 5.13. The highest BCUT2D eigenvalue weighted by Gasteiger charge is 2.67. The molecule has 1 heterocycles. The van der Waals surface area contributed by atoms with Gasteiger partial charge in [-0.05, 0) is 23.1 Å². The number of benzene rings is 2. The van der Waals surface area contributed by atoms with Crippen LogP contribution in [0.2, 0.25) is 0 Å². The first kappa shape index (κ1) is 19.9. The van der Waals surface area contributed by atoms with E-state index >= 15 is 0 Å². The number of carbonyl (C=O) groups excluding carboxylic acids is 1. The lowest BCUT2D eigenvalue weighted by Gasteiger charge is -2.67. The third-order valence-corrected chi connectivity index (χ3v) is 6.56. The quantitative estimate of drug-likeness (QED) is 0.712. The van der Waals surface area contributed by atoms with Crippen molar-refractivity contribution in [2.24, 2.45) is 5.41 Å². The van der Waals surface area contributed by atoms with Crippen molar-refractivity contribution in [1.82, 2.24) is 4.90 Å². The summed E-state index contributed by atoms with van der Waals surface area (Å²) in [5.74, 6) is -0.186. The number of urea groups is 1. The zero-order chi connectivity index (χ0) is 20.6. The molecule has 2 aliphatic rings. The van der Waals surface area contributed by atoms with Crippen molar-refractivity contribution < 1.29 is 14.3 Å². The molecule has 2 aromatic carbocycles. The van der Waals surface area contributed by atoms with Gasteiger partial charge in [0.05, 0.1) is 6.04 Å². The number of likely N-dealkylation sites (tertiary alicyclic amines) is 1. The molecule has 1 aliphatic carbocycles. The number of methoxy groups -OCH3 is 2. The van der Waals surface area contributed by atoms with Gasteiger partial charge in [0.25, 0.3) is 0 Å². The van der Waals surface area contributed by atoms with Gasteiger partial charge in [-0.3, -0.25) is 0 Å². The third kappa shape index (κ3) is 3.32. The molecule has 1 spiro atoms. The first-order valence-electron chi connectivity index (χ1n) is 10.3. The molecule has 1 aliphatic heterocycles. The SMILES string of the molecule is COC1(OC)CC2(CN(C(=O)Nc3ccccc3C(C)C)C2c2ccccc2)C1. The van der Waals surface area contributed by atoms with Gasteiger partial charge in [0, 0.05) is 44.7 Å². The van der Waals surface area contributed by atoms with Crippen molar-refractivity contribution >= 4 is 11.7 Å². The second-order valence-electron chi connectivity index (χ2n) is 8.65. The normalized spacial score (nSPS) is 21.6. The summed E-state index contributed by atoms with van der Waals surface area (Å²) in [7, 11) is 3.39. The summed E-state index contributed by atoms with van der Waals surface area (Å²) in [5, 5.41) is 3.15. The average Bonchev–Trinajstić information content (AvgIpc) is 2.68. The Balaban J connectivity index is 1.57. The van der Waals surface area contributed by atoms with Gasteiger partial charge in [-0.2, -0.15) is 0 Å². The van der Waals surface area contributed by atoms with E-state index < -0.39 is 5.79 Å². The number of para-hydroxylation sites is 1. The molecule has 5 heteroatoms. The lowest BCUT2D eigenvalue weighted by atomic mass is 9.53. The van der Waals surface area contributed by atoms with Gasteiger partial charge < -0.3 is 19.7 Å². The average molecular weight is 395 g/mol. The van der Waals surface area contributed by atoms with Crippen LogP contribution in [-0.2, 0) is 9.47 Å². The molecule has 154 valence electrons. The van der Waals surface area contributed by atoms with Crippen LogP contribution in [0.4, 0.5) is 10.5 Å². The fourth-order valence-corrected chi connectivity index (χ4v) is 5.09. The molecule has 5 nitrogen and oxygen atoms in total. The molecule has 0 bridgehead atoms. The molecule has 2 aromatic rings. The molecular formula is C24H30N2O3. The predicted molar refractivity (Wildman–Crippen MR) is 114 cm³/mol. The second-order valence-corrected chi connectivity index (χ2v) is 8.65. The molecule has 1 unspecified atom stereocenters. The summed E-state index contributed by atoms with van der Waals surface area (Å²) in [5.41, 5.74) is 3.19. The summed E-state index contributed by atoms with van der Waals surface area (Å²) in [6.07, 6.45) is 1.58. The number of carbonyl (C=O) groups is 1. The molecular weight excluding hydrogens is 364 g/mol. The largest absolute Gasteiger partial charge is 0.353 e. The second kappa shape index (κ2) is 7.47. The minimum absolute atomic E-state index is 0.00226. The maximum atomic E-state index is 13.2. The third-order valence-electron chi connectivity index (χ3n) is 6.56. The number of nitrogens with one attached hydrogen (secondary N) is 1. The highest BCUT2D eigenvalue weighted by atomic mass is 16.7. The van der Waals surface area contributed by atoms with Crippen molar-refractivity contribution in [2.45, 2.75) is 44.4 Å². The molecule has 1 saturated carbocycles. The van der Waals surface area contributed by atoms with Crippen molar-refractivity contribution in [3.63, 3.8) is 0 Å². The van der Waals surface area contributed by atoms with Crippen LogP contribution in [0.1, 0.15) is 49.8 Å². The molecule has 2 amide bonds. The van der Waals surface area contributed by atoms with E-state index in [0.29, 0.717) is 12.5 Å². The van der Waals surface area contributed by atoms with Crippen LogP contribution in [0, 0.1) is 5.41 Å². The first-order chi connectivity index (χ1) is 13.9. The van der Waals surface area contributed by atoms with Crippen molar-refractivity contribution in [1.29, 1.82) is 0 Å². The van der Waals surface area contributed by atoms with E-state index in [1.165, 1.54) is 0 Å². The van der Waals surface area contributed by atoms with Gasteiger partial charge in [0.2, 0.25) is 0 Å². The lowest BCUT2D eigenvalue weighted by molar-refractivity contribution is -0.329. The Morgan fingerprint density at radius 3 is 2.28 bits per heavy atom. The van der Waals surface area contributed by atoms with E-state index in [9.17, 15) is 4.79 Å². The van der Waals surface area contributed by atoms with Crippen LogP contribution < -0.4 is 5.32 Å². The molecule has 1 N–H and O–H groups in total. The van der Waals surface area contributed by atoms with Crippen LogP contribution in [0.5, 0.6) is 0 Å². The van der Waals surface area contributed by atoms with Gasteiger partial charge in [-0.15, -0.1) is 0 Å². The Morgan fingerprint density at radius 2 is 1.66 bits per heavy atom. The van der Waals surface area contributed by atoms with Gasteiger partial charge in [-0.1, -0.05) is 62.4 Å². The van der Waals surface area contributed by atoms with Crippen molar-refractivity contribution in [3.8, 4) is 0 Å². The van der Waals surface area contributed by atoms with Crippen molar-refractivity contribution in [2.75, 3.05) is 26.1 Å². The van der Waals surface area contributed by atoms with E-state index in [2.05, 4.69) is 37.4 Å². The van der Waals surface area contributed by atoms with E-state index in [1.54, 1.807) is 14.2 Å². The highest BCUT2D eigenvalue weighted by Crippen LogP contribution is 2.65. The molecule has 1 saturated heterocycles. The highest BCUT2D eigenvalue weighted by molar-refractivity contribution is 5.91. The topological polar surface area (TPSA) is 50.8 Å². The Labute approximate surface area is 173 Å². The summed E-state index contributed by atoms with van der Waals surface area (Å²) < 4.78 is 11.3.